The number of hydrogen-bond acceptors (Lipinski definition) is 2. The topological polar surface area (TPSA) is 26.3 Å². The van der Waals surface area contributed by atoms with Crippen molar-refractivity contribution in [3.63, 3.8) is 0 Å². The van der Waals surface area contributed by atoms with E-state index in [1.165, 1.54) is 12.8 Å². The van der Waals surface area contributed by atoms with E-state index in [0.717, 1.165) is 36.5 Å². The van der Waals surface area contributed by atoms with E-state index < -0.39 is 0 Å². The Morgan fingerprint density at radius 1 is 1.47 bits per heavy atom. The van der Waals surface area contributed by atoms with E-state index in [1.807, 2.05) is 25.1 Å². The molecule has 0 bridgehead atoms. The number of benzene rings is 1. The average Bonchev–Trinajstić information content (AvgIpc) is 3.04. The Morgan fingerprint density at radius 3 is 2.93 bits per heavy atom. The second-order valence-corrected chi connectivity index (χ2v) is 4.24. The second-order valence-electron chi connectivity index (χ2n) is 4.24. The van der Waals surface area contributed by atoms with Crippen molar-refractivity contribution in [3.05, 3.63) is 29.3 Å². The van der Waals surface area contributed by atoms with Crippen LogP contribution in [0.15, 0.2) is 18.2 Å². The molecule has 0 amide bonds. The fourth-order valence-corrected chi connectivity index (χ4v) is 1.63. The summed E-state index contributed by atoms with van der Waals surface area (Å²) in [5.74, 6) is 1.59. The summed E-state index contributed by atoms with van der Waals surface area (Å²) in [5, 5.41) is 0. The summed E-state index contributed by atoms with van der Waals surface area (Å²) in [6.45, 7) is 2.70. The minimum absolute atomic E-state index is 0.658. The van der Waals surface area contributed by atoms with Crippen molar-refractivity contribution in [2.24, 2.45) is 5.92 Å². The van der Waals surface area contributed by atoms with Crippen LogP contribution in [0.25, 0.3) is 0 Å². The van der Waals surface area contributed by atoms with Gasteiger partial charge in [-0.15, -0.1) is 0 Å². The average molecular weight is 204 g/mol. The van der Waals surface area contributed by atoms with Gasteiger partial charge in [0.15, 0.2) is 6.29 Å². The second kappa shape index (κ2) is 4.47. The maximum atomic E-state index is 10.8. The van der Waals surface area contributed by atoms with Gasteiger partial charge in [0.25, 0.3) is 0 Å². The number of aryl methyl sites for hydroxylation is 1. The van der Waals surface area contributed by atoms with Gasteiger partial charge in [-0.3, -0.25) is 4.79 Å². The first-order valence-corrected chi connectivity index (χ1v) is 5.48. The molecule has 0 radical (unpaired) electrons. The highest BCUT2D eigenvalue weighted by molar-refractivity contribution is 5.79. The molecule has 2 rings (SSSR count). The minimum atomic E-state index is 0.658. The highest BCUT2D eigenvalue weighted by atomic mass is 16.5. The number of rotatable bonds is 5. The normalized spacial score (nSPS) is 15.0. The van der Waals surface area contributed by atoms with Gasteiger partial charge in [0.1, 0.15) is 5.75 Å². The van der Waals surface area contributed by atoms with Crippen molar-refractivity contribution >= 4 is 6.29 Å². The van der Waals surface area contributed by atoms with Crippen molar-refractivity contribution < 1.29 is 9.53 Å². The van der Waals surface area contributed by atoms with Crippen molar-refractivity contribution in [1.82, 2.24) is 0 Å². The van der Waals surface area contributed by atoms with Crippen molar-refractivity contribution in [2.75, 3.05) is 6.61 Å². The van der Waals surface area contributed by atoms with E-state index in [9.17, 15) is 4.79 Å². The Kier molecular flexibility index (Phi) is 3.05. The predicted octanol–water partition coefficient (Wildman–Crippen LogP) is 2.99. The van der Waals surface area contributed by atoms with Crippen molar-refractivity contribution in [1.29, 1.82) is 0 Å². The van der Waals surface area contributed by atoms with Crippen molar-refractivity contribution in [3.8, 4) is 5.75 Å². The molecule has 1 aromatic rings. The quantitative estimate of drug-likeness (QED) is 0.689. The Morgan fingerprint density at radius 2 is 2.27 bits per heavy atom. The molecule has 0 atom stereocenters. The zero-order valence-electron chi connectivity index (χ0n) is 9.03. The summed E-state index contributed by atoms with van der Waals surface area (Å²) < 4.78 is 5.60. The van der Waals surface area contributed by atoms with Gasteiger partial charge in [0.2, 0.25) is 0 Å². The fourth-order valence-electron chi connectivity index (χ4n) is 1.63. The van der Waals surface area contributed by atoms with Crippen LogP contribution in [0.2, 0.25) is 0 Å². The molecule has 1 fully saturated rings. The van der Waals surface area contributed by atoms with Gasteiger partial charge in [0.05, 0.1) is 12.2 Å². The summed E-state index contributed by atoms with van der Waals surface area (Å²) in [6.07, 6.45) is 4.67. The standard InChI is InChI=1S/C13H16O2/c1-10-2-5-13(12(8-10)9-14)15-7-6-11-3-4-11/h2,5,8-9,11H,3-4,6-7H2,1H3. The molecular weight excluding hydrogens is 188 g/mol. The maximum absolute atomic E-state index is 10.8. The Labute approximate surface area is 90.3 Å². The van der Waals surface area contributed by atoms with Crippen LogP contribution in [0.5, 0.6) is 5.75 Å². The SMILES string of the molecule is Cc1ccc(OCCC2CC2)c(C=O)c1. The highest BCUT2D eigenvalue weighted by Gasteiger charge is 2.20. The molecule has 0 aromatic heterocycles. The molecule has 0 unspecified atom stereocenters. The van der Waals surface area contributed by atoms with Crippen LogP contribution >= 0.6 is 0 Å². The molecule has 1 aliphatic carbocycles. The molecule has 0 N–H and O–H groups in total. The lowest BCUT2D eigenvalue weighted by Crippen LogP contribution is -2.00. The van der Waals surface area contributed by atoms with Crippen LogP contribution in [0.1, 0.15) is 35.2 Å². The van der Waals surface area contributed by atoms with Crippen LogP contribution in [0, 0.1) is 12.8 Å². The molecule has 0 heterocycles. The zero-order valence-corrected chi connectivity index (χ0v) is 9.03. The molecule has 0 saturated heterocycles. The third kappa shape index (κ3) is 2.82. The summed E-state index contributed by atoms with van der Waals surface area (Å²) in [5.41, 5.74) is 1.75. The van der Waals surface area contributed by atoms with E-state index in [0.29, 0.717) is 5.56 Å². The lowest BCUT2D eigenvalue weighted by molar-refractivity contribution is 0.111. The van der Waals surface area contributed by atoms with Gasteiger partial charge in [-0.05, 0) is 31.4 Å². The number of aldehydes is 1. The lowest BCUT2D eigenvalue weighted by atomic mass is 10.1. The molecule has 1 saturated carbocycles. The summed E-state index contributed by atoms with van der Waals surface area (Å²) >= 11 is 0. The first-order valence-electron chi connectivity index (χ1n) is 5.48. The van der Waals surface area contributed by atoms with Gasteiger partial charge in [-0.2, -0.15) is 0 Å². The van der Waals surface area contributed by atoms with E-state index in [-0.39, 0.29) is 0 Å². The largest absolute Gasteiger partial charge is 0.493 e. The fraction of sp³-hybridized carbons (Fsp3) is 0.462. The lowest BCUT2D eigenvalue weighted by Gasteiger charge is -2.08. The van der Waals surface area contributed by atoms with Crippen LogP contribution in [-0.2, 0) is 0 Å². The van der Waals surface area contributed by atoms with Gasteiger partial charge in [0, 0.05) is 0 Å². The molecule has 80 valence electrons. The Balaban J connectivity index is 1.95. The number of carbonyl (C=O) groups excluding carboxylic acids is 1. The Hall–Kier alpha value is -1.31. The van der Waals surface area contributed by atoms with Crippen LogP contribution in [-0.4, -0.2) is 12.9 Å². The minimum Gasteiger partial charge on any atom is -0.493 e. The molecule has 1 aromatic carbocycles. The molecule has 2 heteroatoms. The van der Waals surface area contributed by atoms with E-state index in [1.54, 1.807) is 0 Å². The van der Waals surface area contributed by atoms with E-state index in [4.69, 9.17) is 4.74 Å². The molecule has 15 heavy (non-hydrogen) atoms. The van der Waals surface area contributed by atoms with Crippen LogP contribution in [0.3, 0.4) is 0 Å². The smallest absolute Gasteiger partial charge is 0.153 e. The highest BCUT2D eigenvalue weighted by Crippen LogP contribution is 2.32. The van der Waals surface area contributed by atoms with Gasteiger partial charge in [-0.1, -0.05) is 24.5 Å². The number of hydrogen-bond donors (Lipinski definition) is 0. The summed E-state index contributed by atoms with van der Waals surface area (Å²) in [6, 6.07) is 5.71. The maximum Gasteiger partial charge on any atom is 0.153 e. The molecule has 2 nitrogen and oxygen atoms in total. The van der Waals surface area contributed by atoms with E-state index >= 15 is 0 Å². The van der Waals surface area contributed by atoms with Gasteiger partial charge >= 0.3 is 0 Å². The first kappa shape index (κ1) is 10.2. The number of ether oxygens (including phenoxy) is 1. The third-order valence-corrected chi connectivity index (χ3v) is 2.77. The van der Waals surface area contributed by atoms with Gasteiger partial charge < -0.3 is 4.74 Å². The number of carbonyl (C=O) groups is 1. The molecule has 0 aliphatic heterocycles. The van der Waals surface area contributed by atoms with E-state index in [2.05, 4.69) is 0 Å². The zero-order chi connectivity index (χ0) is 10.7. The van der Waals surface area contributed by atoms with Crippen molar-refractivity contribution in [2.45, 2.75) is 26.2 Å². The first-order chi connectivity index (χ1) is 7.29. The third-order valence-electron chi connectivity index (χ3n) is 2.77. The van der Waals surface area contributed by atoms with Gasteiger partial charge in [-0.25, -0.2) is 0 Å². The molecule has 0 spiro atoms. The Bertz CT molecular complexity index is 354. The monoisotopic (exact) mass is 204 g/mol. The summed E-state index contributed by atoms with van der Waals surface area (Å²) in [4.78, 5) is 10.8. The molecular formula is C13H16O2. The summed E-state index contributed by atoms with van der Waals surface area (Å²) in [7, 11) is 0. The van der Waals surface area contributed by atoms with Crippen LogP contribution in [0.4, 0.5) is 0 Å². The predicted molar refractivity (Wildman–Crippen MR) is 59.4 cm³/mol. The molecule has 1 aliphatic rings. The van der Waals surface area contributed by atoms with Crippen LogP contribution < -0.4 is 4.74 Å².